The smallest absolute Gasteiger partial charge is 0.277 e. The van der Waals surface area contributed by atoms with E-state index in [0.717, 1.165) is 25.7 Å². The van der Waals surface area contributed by atoms with Crippen molar-refractivity contribution in [1.29, 1.82) is 0 Å². The summed E-state index contributed by atoms with van der Waals surface area (Å²) in [5.74, 6) is 1.18. The van der Waals surface area contributed by atoms with Gasteiger partial charge in [-0.1, -0.05) is 56.5 Å². The minimum Gasteiger partial charge on any atom is -0.493 e. The SMILES string of the molecule is CCCCCCc1nc(C)c2c(=O)[nH]c(-c3cc(S(=O)(=O)NC(COC)[C@@H](O)c4ccccc4)ccc3OCC)nn12. The monoisotopic (exact) mass is 597 g/mol. The topological polar surface area (TPSA) is 148 Å². The van der Waals surface area contributed by atoms with Gasteiger partial charge in [0.05, 0.1) is 41.5 Å². The van der Waals surface area contributed by atoms with Crippen LogP contribution in [-0.4, -0.2) is 59.5 Å². The lowest BCUT2D eigenvalue weighted by Crippen LogP contribution is -2.42. The van der Waals surface area contributed by atoms with Crippen molar-refractivity contribution in [2.75, 3.05) is 20.3 Å². The zero-order valence-electron chi connectivity index (χ0n) is 24.5. The molecule has 11 nitrogen and oxygen atoms in total. The van der Waals surface area contributed by atoms with Crippen LogP contribution in [0.2, 0.25) is 0 Å². The molecule has 0 saturated carbocycles. The Morgan fingerprint density at radius 2 is 1.86 bits per heavy atom. The van der Waals surface area contributed by atoms with Crippen LogP contribution in [0.3, 0.4) is 0 Å². The summed E-state index contributed by atoms with van der Waals surface area (Å²) >= 11 is 0. The van der Waals surface area contributed by atoms with E-state index in [-0.39, 0.29) is 22.9 Å². The maximum Gasteiger partial charge on any atom is 0.277 e. The highest BCUT2D eigenvalue weighted by Crippen LogP contribution is 2.31. The molecule has 2 aromatic heterocycles. The first-order chi connectivity index (χ1) is 20.2. The van der Waals surface area contributed by atoms with Gasteiger partial charge < -0.3 is 19.6 Å². The molecule has 0 saturated heterocycles. The minimum atomic E-state index is -4.16. The van der Waals surface area contributed by atoms with Crippen LogP contribution >= 0.6 is 0 Å². The van der Waals surface area contributed by atoms with E-state index in [4.69, 9.17) is 14.6 Å². The Morgan fingerprint density at radius 3 is 2.55 bits per heavy atom. The number of aromatic amines is 1. The average molecular weight is 598 g/mol. The number of fused-ring (bicyclic) bond motifs is 1. The molecule has 2 aromatic carbocycles. The molecular formula is C30H39N5O6S. The van der Waals surface area contributed by atoms with E-state index in [0.29, 0.717) is 46.9 Å². The summed E-state index contributed by atoms with van der Waals surface area (Å²) in [5.41, 5.74) is 1.39. The normalized spacial score (nSPS) is 13.4. The van der Waals surface area contributed by atoms with Gasteiger partial charge in [0.15, 0.2) is 11.3 Å². The predicted molar refractivity (Wildman–Crippen MR) is 160 cm³/mol. The number of H-pyrrole nitrogens is 1. The third-order valence-corrected chi connectivity index (χ3v) is 8.48. The summed E-state index contributed by atoms with van der Waals surface area (Å²) in [6, 6.07) is 12.1. The van der Waals surface area contributed by atoms with Crippen molar-refractivity contribution in [1.82, 2.24) is 24.3 Å². The van der Waals surface area contributed by atoms with Crippen LogP contribution in [0.15, 0.2) is 58.2 Å². The Bertz CT molecular complexity index is 1650. The fraction of sp³-hybridized carbons (Fsp3) is 0.433. The molecule has 226 valence electrons. The van der Waals surface area contributed by atoms with Crippen molar-refractivity contribution in [3.63, 3.8) is 0 Å². The van der Waals surface area contributed by atoms with Gasteiger partial charge in [0.2, 0.25) is 10.0 Å². The molecule has 0 radical (unpaired) electrons. The lowest BCUT2D eigenvalue weighted by Gasteiger charge is -2.24. The van der Waals surface area contributed by atoms with Crippen molar-refractivity contribution in [2.24, 2.45) is 0 Å². The molecule has 4 aromatic rings. The second kappa shape index (κ2) is 14.1. The number of benzene rings is 2. The van der Waals surface area contributed by atoms with E-state index in [1.165, 1.54) is 25.3 Å². The van der Waals surface area contributed by atoms with Gasteiger partial charge in [-0.2, -0.15) is 0 Å². The lowest BCUT2D eigenvalue weighted by molar-refractivity contribution is 0.0800. The van der Waals surface area contributed by atoms with Crippen LogP contribution in [0.25, 0.3) is 16.9 Å². The van der Waals surface area contributed by atoms with E-state index in [1.54, 1.807) is 35.7 Å². The lowest BCUT2D eigenvalue weighted by atomic mass is 10.0. The molecule has 2 heterocycles. The Hall–Kier alpha value is -3.58. The summed E-state index contributed by atoms with van der Waals surface area (Å²) in [4.78, 5) is 20.5. The molecule has 2 atom stereocenters. The van der Waals surface area contributed by atoms with E-state index < -0.39 is 22.2 Å². The largest absolute Gasteiger partial charge is 0.493 e. The molecule has 0 aliphatic heterocycles. The van der Waals surface area contributed by atoms with Gasteiger partial charge in [0.1, 0.15) is 11.6 Å². The third kappa shape index (κ3) is 7.06. The highest BCUT2D eigenvalue weighted by Gasteiger charge is 2.28. The number of hydrogen-bond donors (Lipinski definition) is 3. The summed E-state index contributed by atoms with van der Waals surface area (Å²) in [6.07, 6.45) is 3.69. The number of ether oxygens (including phenoxy) is 2. The molecular weight excluding hydrogens is 558 g/mol. The summed E-state index contributed by atoms with van der Waals surface area (Å²) in [5, 5.41) is 15.6. The number of sulfonamides is 1. The molecule has 0 aliphatic carbocycles. The van der Waals surface area contributed by atoms with Crippen molar-refractivity contribution < 1.29 is 23.0 Å². The highest BCUT2D eigenvalue weighted by atomic mass is 32.2. The molecule has 0 bridgehead atoms. The Morgan fingerprint density at radius 1 is 1.10 bits per heavy atom. The van der Waals surface area contributed by atoms with Crippen LogP contribution in [-0.2, 0) is 21.2 Å². The van der Waals surface area contributed by atoms with Crippen LogP contribution in [0, 0.1) is 6.92 Å². The van der Waals surface area contributed by atoms with Gasteiger partial charge in [0.25, 0.3) is 5.56 Å². The van der Waals surface area contributed by atoms with Crippen molar-refractivity contribution in [3.05, 3.63) is 76.0 Å². The third-order valence-electron chi connectivity index (χ3n) is 6.99. The second-order valence-electron chi connectivity index (χ2n) is 10.1. The fourth-order valence-corrected chi connectivity index (χ4v) is 6.14. The highest BCUT2D eigenvalue weighted by molar-refractivity contribution is 7.89. The number of hydrogen-bond acceptors (Lipinski definition) is 8. The fourth-order valence-electron chi connectivity index (χ4n) is 4.89. The van der Waals surface area contributed by atoms with Crippen LogP contribution < -0.4 is 15.0 Å². The predicted octanol–water partition coefficient (Wildman–Crippen LogP) is 3.94. The van der Waals surface area contributed by atoms with Gasteiger partial charge >= 0.3 is 0 Å². The Labute approximate surface area is 246 Å². The molecule has 3 N–H and O–H groups in total. The number of aliphatic hydroxyl groups is 1. The van der Waals surface area contributed by atoms with Crippen LogP contribution in [0.4, 0.5) is 0 Å². The first-order valence-electron chi connectivity index (χ1n) is 14.2. The van der Waals surface area contributed by atoms with E-state index >= 15 is 0 Å². The quantitative estimate of drug-likeness (QED) is 0.175. The number of unbranched alkanes of at least 4 members (excludes halogenated alkanes) is 3. The summed E-state index contributed by atoms with van der Waals surface area (Å²) < 4.78 is 42.3. The number of imidazole rings is 1. The molecule has 42 heavy (non-hydrogen) atoms. The molecule has 0 fully saturated rings. The minimum absolute atomic E-state index is 0.0638. The number of methoxy groups -OCH3 is 1. The number of nitrogens with zero attached hydrogens (tertiary/aromatic N) is 3. The van der Waals surface area contributed by atoms with Crippen LogP contribution in [0.1, 0.15) is 62.7 Å². The van der Waals surface area contributed by atoms with Crippen LogP contribution in [0.5, 0.6) is 5.75 Å². The molecule has 0 amide bonds. The van der Waals surface area contributed by atoms with Crippen molar-refractivity contribution in [3.8, 4) is 17.1 Å². The average Bonchev–Trinajstić information content (AvgIpc) is 3.30. The number of rotatable bonds is 15. The Kier molecular flexibility index (Phi) is 10.5. The number of nitrogens with one attached hydrogen (secondary N) is 2. The first kappa shape index (κ1) is 31.4. The standard InChI is InChI=1S/C30H39N5O6S/c1-5-7-8-12-15-26-31-20(3)27-30(37)32-29(33-35(26)27)23-18-22(16-17-25(23)41-6-2)42(38,39)34-24(19-40-4)28(36)21-13-10-9-11-14-21/h9-11,13-14,16-18,24,28,34,36H,5-8,12,15,19H2,1-4H3,(H,32,33,37)/t24?,28-/m0/s1. The number of aliphatic hydroxyl groups excluding tert-OH is 1. The van der Waals surface area contributed by atoms with E-state index in [1.807, 2.05) is 13.0 Å². The van der Waals surface area contributed by atoms with Gasteiger partial charge in [-0.3, -0.25) is 4.79 Å². The summed E-state index contributed by atoms with van der Waals surface area (Å²) in [7, 11) is -2.72. The maximum absolute atomic E-state index is 13.6. The maximum atomic E-state index is 13.6. The second-order valence-corrected chi connectivity index (χ2v) is 11.8. The van der Waals surface area contributed by atoms with Gasteiger partial charge in [-0.15, -0.1) is 5.10 Å². The first-order valence-corrected chi connectivity index (χ1v) is 15.7. The molecule has 0 spiro atoms. The van der Waals surface area contributed by atoms with Crippen molar-refractivity contribution >= 4 is 15.5 Å². The van der Waals surface area contributed by atoms with E-state index in [2.05, 4.69) is 21.6 Å². The molecule has 12 heteroatoms. The number of aromatic nitrogens is 4. The molecule has 4 rings (SSSR count). The van der Waals surface area contributed by atoms with Gasteiger partial charge in [-0.05, 0) is 44.0 Å². The van der Waals surface area contributed by atoms with Crippen molar-refractivity contribution in [2.45, 2.75) is 69.9 Å². The number of aryl methyl sites for hydroxylation is 2. The Balaban J connectivity index is 1.74. The molecule has 1 unspecified atom stereocenters. The molecule has 0 aliphatic rings. The van der Waals surface area contributed by atoms with Gasteiger partial charge in [0, 0.05) is 13.5 Å². The zero-order chi connectivity index (χ0) is 30.3. The van der Waals surface area contributed by atoms with E-state index in [9.17, 15) is 18.3 Å². The summed E-state index contributed by atoms with van der Waals surface area (Å²) in [6.45, 7) is 5.97. The van der Waals surface area contributed by atoms with Gasteiger partial charge in [-0.25, -0.2) is 22.6 Å². The zero-order valence-corrected chi connectivity index (χ0v) is 25.3.